The van der Waals surface area contributed by atoms with Crippen molar-refractivity contribution >= 4 is 10.0 Å². The molecular formula is C16H23F2N3O4S. The lowest BCUT2D eigenvalue weighted by Gasteiger charge is -2.34. The summed E-state index contributed by atoms with van der Waals surface area (Å²) in [6.07, 6.45) is -1.57. The Morgan fingerprint density at radius 1 is 1.27 bits per heavy atom. The minimum Gasteiger partial charge on any atom is -0.389 e. The van der Waals surface area contributed by atoms with Gasteiger partial charge in [-0.15, -0.1) is 0 Å². The zero-order valence-electron chi connectivity index (χ0n) is 14.4. The topological polar surface area (TPSA) is 82.1 Å². The van der Waals surface area contributed by atoms with Gasteiger partial charge in [-0.25, -0.2) is 21.9 Å². The summed E-state index contributed by atoms with van der Waals surface area (Å²) >= 11 is 0. The second kappa shape index (κ2) is 7.83. The number of hydrogen-bond acceptors (Lipinski definition) is 6. The third-order valence-electron chi connectivity index (χ3n) is 4.81. The molecular weight excluding hydrogens is 368 g/mol. The van der Waals surface area contributed by atoms with Crippen LogP contribution in [0.4, 0.5) is 8.78 Å². The van der Waals surface area contributed by atoms with Crippen LogP contribution in [0.1, 0.15) is 0 Å². The van der Waals surface area contributed by atoms with Crippen LogP contribution in [0.3, 0.4) is 0 Å². The second-order valence-electron chi connectivity index (χ2n) is 6.77. The van der Waals surface area contributed by atoms with Gasteiger partial charge in [0.1, 0.15) is 16.5 Å². The number of likely N-dealkylation sites (N-methyl/N-ethyl adjacent to an activating group) is 1. The monoisotopic (exact) mass is 391 g/mol. The van der Waals surface area contributed by atoms with Crippen LogP contribution in [-0.4, -0.2) is 88.0 Å². The van der Waals surface area contributed by atoms with E-state index < -0.39 is 44.8 Å². The van der Waals surface area contributed by atoms with E-state index in [4.69, 9.17) is 4.74 Å². The maximum Gasteiger partial charge on any atom is 0.243 e. The minimum atomic E-state index is -4.24. The van der Waals surface area contributed by atoms with Gasteiger partial charge in [-0.3, -0.25) is 4.90 Å². The Hall–Kier alpha value is -1.17. The van der Waals surface area contributed by atoms with Crippen molar-refractivity contribution in [3.05, 3.63) is 29.8 Å². The molecule has 3 atom stereocenters. The van der Waals surface area contributed by atoms with Crippen molar-refractivity contribution in [2.75, 3.05) is 46.4 Å². The summed E-state index contributed by atoms with van der Waals surface area (Å²) in [5, 5.41) is 10.4. The molecule has 2 aliphatic heterocycles. The zero-order valence-corrected chi connectivity index (χ0v) is 15.3. The van der Waals surface area contributed by atoms with Crippen LogP contribution in [0.25, 0.3) is 0 Å². The molecule has 0 saturated carbocycles. The second-order valence-corrected chi connectivity index (χ2v) is 8.45. The van der Waals surface area contributed by atoms with Crippen molar-refractivity contribution < 1.29 is 27.0 Å². The molecule has 1 aromatic carbocycles. The van der Waals surface area contributed by atoms with Crippen LogP contribution >= 0.6 is 0 Å². The van der Waals surface area contributed by atoms with Gasteiger partial charge in [-0.1, -0.05) is 0 Å². The fourth-order valence-electron chi connectivity index (χ4n) is 3.19. The molecule has 3 rings (SSSR count). The molecule has 1 aromatic rings. The van der Waals surface area contributed by atoms with Gasteiger partial charge < -0.3 is 14.7 Å². The van der Waals surface area contributed by atoms with E-state index in [1.54, 1.807) is 0 Å². The third-order valence-corrected chi connectivity index (χ3v) is 6.33. The van der Waals surface area contributed by atoms with Gasteiger partial charge in [0, 0.05) is 38.8 Å². The van der Waals surface area contributed by atoms with Gasteiger partial charge in [0.05, 0.1) is 24.9 Å². The molecule has 2 aliphatic rings. The van der Waals surface area contributed by atoms with Crippen molar-refractivity contribution in [2.24, 2.45) is 0 Å². The number of nitrogens with zero attached hydrogens (tertiary/aromatic N) is 2. The van der Waals surface area contributed by atoms with Crippen LogP contribution < -0.4 is 4.72 Å². The lowest BCUT2D eigenvalue weighted by Crippen LogP contribution is -2.50. The highest BCUT2D eigenvalue weighted by Crippen LogP contribution is 2.21. The molecule has 10 heteroatoms. The summed E-state index contributed by atoms with van der Waals surface area (Å²) in [6, 6.07) is 1.35. The quantitative estimate of drug-likeness (QED) is 0.712. The summed E-state index contributed by atoms with van der Waals surface area (Å²) in [5.41, 5.74) is 0. The lowest BCUT2D eigenvalue weighted by molar-refractivity contribution is 0.00636. The molecule has 0 radical (unpaired) electrons. The van der Waals surface area contributed by atoms with Gasteiger partial charge >= 0.3 is 0 Å². The molecule has 0 bridgehead atoms. The molecule has 0 aromatic heterocycles. The Bertz CT molecular complexity index is 741. The average molecular weight is 391 g/mol. The molecule has 0 spiro atoms. The molecule has 26 heavy (non-hydrogen) atoms. The van der Waals surface area contributed by atoms with E-state index in [1.165, 1.54) is 0 Å². The number of aliphatic hydroxyl groups excluding tert-OH is 1. The SMILES string of the molecule is CN1CCN(CC2OCC(NS(=O)(=O)c3ccc(F)cc3F)C2O)CC1. The van der Waals surface area contributed by atoms with E-state index in [0.717, 1.165) is 38.3 Å². The number of sulfonamides is 1. The third kappa shape index (κ3) is 4.38. The predicted molar refractivity (Wildman–Crippen MR) is 90.2 cm³/mol. The Morgan fingerprint density at radius 3 is 2.62 bits per heavy atom. The predicted octanol–water partition coefficient (Wildman–Crippen LogP) is -0.381. The van der Waals surface area contributed by atoms with E-state index in [0.29, 0.717) is 12.6 Å². The van der Waals surface area contributed by atoms with Gasteiger partial charge in [-0.2, -0.15) is 0 Å². The molecule has 2 fully saturated rings. The van der Waals surface area contributed by atoms with Crippen molar-refractivity contribution in [1.29, 1.82) is 0 Å². The first-order valence-electron chi connectivity index (χ1n) is 8.44. The summed E-state index contributed by atoms with van der Waals surface area (Å²) in [4.78, 5) is 3.70. The summed E-state index contributed by atoms with van der Waals surface area (Å²) in [5.74, 6) is -2.04. The van der Waals surface area contributed by atoms with Crippen molar-refractivity contribution in [3.8, 4) is 0 Å². The number of nitrogens with one attached hydrogen (secondary N) is 1. The van der Waals surface area contributed by atoms with Gasteiger partial charge in [-0.05, 0) is 19.2 Å². The molecule has 146 valence electrons. The Morgan fingerprint density at radius 2 is 1.96 bits per heavy atom. The van der Waals surface area contributed by atoms with E-state index in [2.05, 4.69) is 14.5 Å². The number of aliphatic hydroxyl groups is 1. The lowest BCUT2D eigenvalue weighted by atomic mass is 10.1. The van der Waals surface area contributed by atoms with Crippen molar-refractivity contribution in [1.82, 2.24) is 14.5 Å². The first-order chi connectivity index (χ1) is 12.3. The fourth-order valence-corrected chi connectivity index (χ4v) is 4.48. The molecule has 2 N–H and O–H groups in total. The van der Waals surface area contributed by atoms with E-state index in [1.807, 2.05) is 7.05 Å². The summed E-state index contributed by atoms with van der Waals surface area (Å²) < 4.78 is 59.3. The molecule has 2 heterocycles. The molecule has 0 amide bonds. The first-order valence-corrected chi connectivity index (χ1v) is 9.92. The number of halogens is 2. The Kier molecular flexibility index (Phi) is 5.90. The van der Waals surface area contributed by atoms with E-state index in [9.17, 15) is 22.3 Å². The number of ether oxygens (including phenoxy) is 1. The summed E-state index contributed by atoms with van der Waals surface area (Å²) in [7, 11) is -2.20. The normalized spacial score (nSPS) is 28.5. The Labute approximate surface area is 151 Å². The zero-order chi connectivity index (χ0) is 18.9. The highest BCUT2D eigenvalue weighted by Gasteiger charge is 2.39. The summed E-state index contributed by atoms with van der Waals surface area (Å²) in [6.45, 7) is 4.02. The Balaban J connectivity index is 1.62. The number of benzene rings is 1. The molecule has 0 aliphatic carbocycles. The smallest absolute Gasteiger partial charge is 0.243 e. The highest BCUT2D eigenvalue weighted by molar-refractivity contribution is 7.89. The van der Waals surface area contributed by atoms with Crippen LogP contribution in [0.5, 0.6) is 0 Å². The van der Waals surface area contributed by atoms with Gasteiger partial charge in [0.15, 0.2) is 0 Å². The standard InChI is InChI=1S/C16H23F2N3O4S/c1-20-4-6-21(7-5-20)9-14-16(22)13(10-25-14)19-26(23,24)15-3-2-11(17)8-12(15)18/h2-3,8,13-14,16,19,22H,4-7,9-10H2,1H3. The van der Waals surface area contributed by atoms with E-state index >= 15 is 0 Å². The van der Waals surface area contributed by atoms with Crippen LogP contribution in [0.15, 0.2) is 23.1 Å². The first kappa shape index (κ1) is 19.6. The maximum absolute atomic E-state index is 13.8. The fraction of sp³-hybridized carbons (Fsp3) is 0.625. The van der Waals surface area contributed by atoms with Crippen LogP contribution in [-0.2, 0) is 14.8 Å². The van der Waals surface area contributed by atoms with Gasteiger partial charge in [0.2, 0.25) is 10.0 Å². The number of piperazine rings is 1. The molecule has 3 unspecified atom stereocenters. The van der Waals surface area contributed by atoms with Crippen molar-refractivity contribution in [2.45, 2.75) is 23.1 Å². The number of rotatable bonds is 5. The van der Waals surface area contributed by atoms with Gasteiger partial charge in [0.25, 0.3) is 0 Å². The molecule has 2 saturated heterocycles. The molecule has 7 nitrogen and oxygen atoms in total. The van der Waals surface area contributed by atoms with Crippen LogP contribution in [0, 0.1) is 11.6 Å². The van der Waals surface area contributed by atoms with Crippen LogP contribution in [0.2, 0.25) is 0 Å². The minimum absolute atomic E-state index is 0.0123. The average Bonchev–Trinajstić information content (AvgIpc) is 2.89. The number of hydrogen-bond donors (Lipinski definition) is 2. The maximum atomic E-state index is 13.8. The highest BCUT2D eigenvalue weighted by atomic mass is 32.2. The van der Waals surface area contributed by atoms with Crippen molar-refractivity contribution in [3.63, 3.8) is 0 Å². The van der Waals surface area contributed by atoms with E-state index in [-0.39, 0.29) is 6.61 Å². The largest absolute Gasteiger partial charge is 0.389 e.